The van der Waals surface area contributed by atoms with Crippen LogP contribution in [0.1, 0.15) is 18.1 Å². The molecular weight excluding hydrogens is 315 g/mol. The van der Waals surface area contributed by atoms with Gasteiger partial charge in [-0.05, 0) is 23.6 Å². The van der Waals surface area contributed by atoms with E-state index in [0.29, 0.717) is 21.9 Å². The quantitative estimate of drug-likeness (QED) is 0.778. The standard InChI is InChI=1S/C12H15ClF3NO2S/c1-3-10-5-4-9(7-13)6-11(10)20(18,19)17(2)8-12(14,15)16/h4-6H,3,7-8H2,1-2H3. The lowest BCUT2D eigenvalue weighted by molar-refractivity contribution is -0.134. The highest BCUT2D eigenvalue weighted by Gasteiger charge is 2.35. The van der Waals surface area contributed by atoms with Gasteiger partial charge in [0.05, 0.1) is 4.90 Å². The number of halogens is 4. The molecule has 0 aliphatic heterocycles. The van der Waals surface area contributed by atoms with Gasteiger partial charge in [-0.2, -0.15) is 17.5 Å². The predicted molar refractivity (Wildman–Crippen MR) is 71.2 cm³/mol. The number of benzene rings is 1. The first-order valence-corrected chi connectivity index (χ1v) is 7.80. The fraction of sp³-hybridized carbons (Fsp3) is 0.500. The molecule has 0 amide bonds. The molecule has 0 heterocycles. The highest BCUT2D eigenvalue weighted by atomic mass is 35.5. The second kappa shape index (κ2) is 6.32. The molecule has 3 nitrogen and oxygen atoms in total. The summed E-state index contributed by atoms with van der Waals surface area (Å²) in [5.41, 5.74) is 1.01. The van der Waals surface area contributed by atoms with Crippen molar-refractivity contribution in [1.82, 2.24) is 4.31 Å². The number of aryl methyl sites for hydroxylation is 1. The van der Waals surface area contributed by atoms with Crippen LogP contribution in [0.15, 0.2) is 23.1 Å². The second-order valence-corrected chi connectivity index (χ2v) is 6.59. The Balaban J connectivity index is 3.26. The summed E-state index contributed by atoms with van der Waals surface area (Å²) < 4.78 is 61.8. The summed E-state index contributed by atoms with van der Waals surface area (Å²) in [5.74, 6) is 0.0928. The molecule has 1 aromatic rings. The molecule has 0 aromatic heterocycles. The largest absolute Gasteiger partial charge is 0.402 e. The van der Waals surface area contributed by atoms with Crippen LogP contribution in [0.3, 0.4) is 0 Å². The summed E-state index contributed by atoms with van der Waals surface area (Å²) in [4.78, 5) is -0.120. The summed E-state index contributed by atoms with van der Waals surface area (Å²) >= 11 is 5.64. The number of hydrogen-bond acceptors (Lipinski definition) is 2. The van der Waals surface area contributed by atoms with E-state index in [9.17, 15) is 21.6 Å². The summed E-state index contributed by atoms with van der Waals surface area (Å²) in [5, 5.41) is 0. The van der Waals surface area contributed by atoms with E-state index in [0.717, 1.165) is 7.05 Å². The van der Waals surface area contributed by atoms with Crippen molar-refractivity contribution in [2.45, 2.75) is 30.3 Å². The van der Waals surface area contributed by atoms with Crippen molar-refractivity contribution in [1.29, 1.82) is 0 Å². The normalized spacial score (nSPS) is 12.9. The molecule has 0 fully saturated rings. The van der Waals surface area contributed by atoms with E-state index in [2.05, 4.69) is 0 Å². The highest BCUT2D eigenvalue weighted by Crippen LogP contribution is 2.25. The van der Waals surface area contributed by atoms with E-state index >= 15 is 0 Å². The van der Waals surface area contributed by atoms with E-state index in [4.69, 9.17) is 11.6 Å². The van der Waals surface area contributed by atoms with Crippen molar-refractivity contribution in [3.63, 3.8) is 0 Å². The Kier molecular flexibility index (Phi) is 5.46. The van der Waals surface area contributed by atoms with Crippen LogP contribution in [-0.4, -0.2) is 32.5 Å². The van der Waals surface area contributed by atoms with E-state index < -0.39 is 22.7 Å². The Labute approximate surface area is 121 Å². The van der Waals surface area contributed by atoms with Crippen LogP contribution in [0.5, 0.6) is 0 Å². The Hall–Kier alpha value is -0.790. The zero-order valence-electron chi connectivity index (χ0n) is 11.0. The van der Waals surface area contributed by atoms with Gasteiger partial charge in [0.25, 0.3) is 0 Å². The zero-order valence-corrected chi connectivity index (χ0v) is 12.6. The van der Waals surface area contributed by atoms with Gasteiger partial charge in [-0.15, -0.1) is 11.6 Å². The molecule has 0 aliphatic rings. The molecule has 0 atom stereocenters. The first-order valence-electron chi connectivity index (χ1n) is 5.82. The van der Waals surface area contributed by atoms with Crippen LogP contribution in [0.2, 0.25) is 0 Å². The average Bonchev–Trinajstić information content (AvgIpc) is 2.35. The molecule has 1 aromatic carbocycles. The zero-order chi connectivity index (χ0) is 15.6. The maximum atomic E-state index is 12.4. The third kappa shape index (κ3) is 4.10. The van der Waals surface area contributed by atoms with Crippen LogP contribution >= 0.6 is 11.6 Å². The molecule has 8 heteroatoms. The van der Waals surface area contributed by atoms with Gasteiger partial charge in [-0.25, -0.2) is 8.42 Å². The molecule has 0 radical (unpaired) electrons. The van der Waals surface area contributed by atoms with Gasteiger partial charge < -0.3 is 0 Å². The summed E-state index contributed by atoms with van der Waals surface area (Å²) in [6, 6.07) is 4.56. The fourth-order valence-corrected chi connectivity index (χ4v) is 3.38. The molecule has 1 rings (SSSR count). The monoisotopic (exact) mass is 329 g/mol. The van der Waals surface area contributed by atoms with Crippen LogP contribution < -0.4 is 0 Å². The summed E-state index contributed by atoms with van der Waals surface area (Å²) in [6.45, 7) is 0.210. The molecular formula is C12H15ClF3NO2S. The number of rotatable bonds is 5. The third-order valence-corrected chi connectivity index (χ3v) is 4.95. The predicted octanol–water partition coefficient (Wildman–Crippen LogP) is 3.17. The highest BCUT2D eigenvalue weighted by molar-refractivity contribution is 7.89. The lowest BCUT2D eigenvalue weighted by Crippen LogP contribution is -2.36. The Morgan fingerprint density at radius 1 is 1.30 bits per heavy atom. The van der Waals surface area contributed by atoms with Gasteiger partial charge in [-0.1, -0.05) is 19.1 Å². The SMILES string of the molecule is CCc1ccc(CCl)cc1S(=O)(=O)N(C)CC(F)(F)F. The number of alkyl halides is 4. The van der Waals surface area contributed by atoms with Gasteiger partial charge in [0.15, 0.2) is 0 Å². The Bertz CT molecular complexity index is 573. The van der Waals surface area contributed by atoms with E-state index in [1.165, 1.54) is 6.07 Å². The van der Waals surface area contributed by atoms with Crippen LogP contribution in [0.25, 0.3) is 0 Å². The van der Waals surface area contributed by atoms with Crippen molar-refractivity contribution >= 4 is 21.6 Å². The Morgan fingerprint density at radius 2 is 1.90 bits per heavy atom. The minimum absolute atomic E-state index is 0.0928. The number of hydrogen-bond donors (Lipinski definition) is 0. The van der Waals surface area contributed by atoms with Crippen LogP contribution in [-0.2, 0) is 22.3 Å². The molecule has 0 unspecified atom stereocenters. The summed E-state index contributed by atoms with van der Waals surface area (Å²) in [6.07, 6.45) is -4.19. The third-order valence-electron chi connectivity index (χ3n) is 2.76. The van der Waals surface area contributed by atoms with E-state index in [1.54, 1.807) is 19.1 Å². The van der Waals surface area contributed by atoms with Crippen molar-refractivity contribution in [3.8, 4) is 0 Å². The van der Waals surface area contributed by atoms with Gasteiger partial charge in [-0.3, -0.25) is 0 Å². The smallest absolute Gasteiger partial charge is 0.207 e. The lowest BCUT2D eigenvalue weighted by atomic mass is 10.1. The molecule has 0 bridgehead atoms. The fourth-order valence-electron chi connectivity index (χ4n) is 1.72. The minimum Gasteiger partial charge on any atom is -0.207 e. The molecule has 20 heavy (non-hydrogen) atoms. The van der Waals surface area contributed by atoms with Gasteiger partial charge in [0, 0.05) is 12.9 Å². The molecule has 0 N–H and O–H groups in total. The van der Waals surface area contributed by atoms with Crippen LogP contribution in [0, 0.1) is 0 Å². The van der Waals surface area contributed by atoms with E-state index in [1.807, 2.05) is 0 Å². The molecule has 0 aliphatic carbocycles. The average molecular weight is 330 g/mol. The maximum absolute atomic E-state index is 12.4. The first kappa shape index (κ1) is 17.3. The van der Waals surface area contributed by atoms with Crippen LogP contribution in [0.4, 0.5) is 13.2 Å². The van der Waals surface area contributed by atoms with Gasteiger partial charge in [0.2, 0.25) is 10.0 Å². The first-order chi connectivity index (χ1) is 9.11. The Morgan fingerprint density at radius 3 is 2.35 bits per heavy atom. The van der Waals surface area contributed by atoms with Gasteiger partial charge >= 0.3 is 6.18 Å². The van der Waals surface area contributed by atoms with E-state index in [-0.39, 0.29) is 10.8 Å². The topological polar surface area (TPSA) is 37.4 Å². The van der Waals surface area contributed by atoms with Crippen molar-refractivity contribution in [2.75, 3.05) is 13.6 Å². The van der Waals surface area contributed by atoms with Gasteiger partial charge in [0.1, 0.15) is 6.54 Å². The van der Waals surface area contributed by atoms with Crippen molar-refractivity contribution in [3.05, 3.63) is 29.3 Å². The molecule has 114 valence electrons. The number of nitrogens with zero attached hydrogens (tertiary/aromatic N) is 1. The molecule has 0 spiro atoms. The molecule has 0 saturated carbocycles. The van der Waals surface area contributed by atoms with Crippen molar-refractivity contribution in [2.24, 2.45) is 0 Å². The lowest BCUT2D eigenvalue weighted by Gasteiger charge is -2.20. The minimum atomic E-state index is -4.59. The summed E-state index contributed by atoms with van der Waals surface area (Å²) in [7, 11) is -3.28. The number of sulfonamides is 1. The maximum Gasteiger partial charge on any atom is 0.402 e. The van der Waals surface area contributed by atoms with Crippen molar-refractivity contribution < 1.29 is 21.6 Å². The molecule has 0 saturated heterocycles. The second-order valence-electron chi connectivity index (χ2n) is 4.31.